The van der Waals surface area contributed by atoms with Crippen LogP contribution in [0.1, 0.15) is 37.7 Å². The van der Waals surface area contributed by atoms with Crippen LogP contribution in [0.15, 0.2) is 18.2 Å². The molecular weight excluding hydrogens is 298 g/mol. The molecule has 2 amide bonds. The molecule has 6 heteroatoms. The Balaban J connectivity index is 1.78. The summed E-state index contributed by atoms with van der Waals surface area (Å²) in [5.74, 6) is 1.29. The van der Waals surface area contributed by atoms with Crippen molar-refractivity contribution in [2.45, 2.75) is 43.6 Å². The van der Waals surface area contributed by atoms with Gasteiger partial charge in [0, 0.05) is 11.8 Å². The molecule has 1 aromatic rings. The number of likely N-dealkylation sites (tertiary alicyclic amines) is 1. The Morgan fingerprint density at radius 1 is 1.30 bits per heavy atom. The molecule has 23 heavy (non-hydrogen) atoms. The normalized spacial score (nSPS) is 28.7. The summed E-state index contributed by atoms with van der Waals surface area (Å²) in [5.41, 5.74) is 0.705. The molecule has 0 spiro atoms. The molecule has 4 rings (SSSR count). The van der Waals surface area contributed by atoms with Crippen molar-refractivity contribution in [1.29, 1.82) is 0 Å². The van der Waals surface area contributed by atoms with E-state index < -0.39 is 6.09 Å². The van der Waals surface area contributed by atoms with Gasteiger partial charge in [-0.25, -0.2) is 9.69 Å². The van der Waals surface area contributed by atoms with Gasteiger partial charge in [0.2, 0.25) is 12.7 Å². The molecule has 0 N–H and O–H groups in total. The lowest BCUT2D eigenvalue weighted by Gasteiger charge is -2.40. The van der Waals surface area contributed by atoms with E-state index in [4.69, 9.17) is 14.2 Å². The van der Waals surface area contributed by atoms with Gasteiger partial charge in [0.05, 0.1) is 13.2 Å². The van der Waals surface area contributed by atoms with Crippen LogP contribution >= 0.6 is 0 Å². The summed E-state index contributed by atoms with van der Waals surface area (Å²) in [7, 11) is 1.32. The molecule has 2 atom stereocenters. The predicted octanol–water partition coefficient (Wildman–Crippen LogP) is 2.59. The average molecular weight is 317 g/mol. The van der Waals surface area contributed by atoms with Crippen LogP contribution in [-0.2, 0) is 14.9 Å². The number of fused-ring (bicyclic) bond motifs is 2. The number of hydrogen-bond acceptors (Lipinski definition) is 5. The highest BCUT2D eigenvalue weighted by Crippen LogP contribution is 2.51. The van der Waals surface area contributed by atoms with Crippen LogP contribution in [0.2, 0.25) is 0 Å². The first kappa shape index (κ1) is 14.4. The van der Waals surface area contributed by atoms with Crippen molar-refractivity contribution >= 4 is 12.0 Å². The SMILES string of the molecule is COC(=O)N1C(=O)C[C@@]2(c3ccc4c(c3)OCO4)CCCC[C@@H]12. The second-order valence-electron chi connectivity index (χ2n) is 6.40. The quantitative estimate of drug-likeness (QED) is 0.796. The zero-order valence-corrected chi connectivity index (χ0v) is 13.0. The number of hydrogen-bond donors (Lipinski definition) is 0. The zero-order valence-electron chi connectivity index (χ0n) is 13.0. The minimum atomic E-state index is -0.551. The average Bonchev–Trinajstić information content (AvgIpc) is 3.15. The van der Waals surface area contributed by atoms with E-state index in [0.717, 1.165) is 37.0 Å². The maximum absolute atomic E-state index is 12.5. The van der Waals surface area contributed by atoms with Crippen LogP contribution in [0.25, 0.3) is 0 Å². The van der Waals surface area contributed by atoms with E-state index in [1.54, 1.807) is 0 Å². The summed E-state index contributed by atoms with van der Waals surface area (Å²) in [5, 5.41) is 0. The van der Waals surface area contributed by atoms with Crippen molar-refractivity contribution in [2.75, 3.05) is 13.9 Å². The molecule has 0 aromatic heterocycles. The standard InChI is InChI=1S/C17H19NO5/c1-21-16(20)18-14-4-2-3-7-17(14,9-15(18)19)11-5-6-12-13(8-11)23-10-22-12/h5-6,8,14H,2-4,7,9-10H2,1H3/t14-,17-/m1/s1. The van der Waals surface area contributed by atoms with Crippen LogP contribution in [0.4, 0.5) is 4.79 Å². The monoisotopic (exact) mass is 317 g/mol. The smallest absolute Gasteiger partial charge is 0.416 e. The lowest BCUT2D eigenvalue weighted by molar-refractivity contribution is -0.127. The van der Waals surface area contributed by atoms with Gasteiger partial charge in [-0.1, -0.05) is 18.9 Å². The lowest BCUT2D eigenvalue weighted by atomic mass is 9.66. The van der Waals surface area contributed by atoms with Crippen molar-refractivity contribution in [3.05, 3.63) is 23.8 Å². The third-order valence-corrected chi connectivity index (χ3v) is 5.35. The number of imide groups is 1. The van der Waals surface area contributed by atoms with Crippen molar-refractivity contribution in [2.24, 2.45) is 0 Å². The Hall–Kier alpha value is -2.24. The summed E-state index contributed by atoms with van der Waals surface area (Å²) in [6.07, 6.45) is 3.55. The molecule has 1 aliphatic carbocycles. The van der Waals surface area contributed by atoms with Crippen LogP contribution in [0, 0.1) is 0 Å². The van der Waals surface area contributed by atoms with Gasteiger partial charge in [-0.15, -0.1) is 0 Å². The van der Waals surface area contributed by atoms with Crippen molar-refractivity contribution in [3.8, 4) is 11.5 Å². The maximum Gasteiger partial charge on any atom is 0.416 e. The van der Waals surface area contributed by atoms with Gasteiger partial charge in [0.25, 0.3) is 0 Å². The highest BCUT2D eigenvalue weighted by molar-refractivity contribution is 5.96. The summed E-state index contributed by atoms with van der Waals surface area (Å²) >= 11 is 0. The third kappa shape index (κ3) is 2.00. The number of rotatable bonds is 1. The highest BCUT2D eigenvalue weighted by Gasteiger charge is 2.56. The van der Waals surface area contributed by atoms with E-state index in [9.17, 15) is 9.59 Å². The highest BCUT2D eigenvalue weighted by atomic mass is 16.7. The van der Waals surface area contributed by atoms with Crippen LogP contribution in [0.5, 0.6) is 11.5 Å². The molecule has 3 aliphatic rings. The minimum absolute atomic E-state index is 0.142. The van der Waals surface area contributed by atoms with Crippen molar-refractivity contribution < 1.29 is 23.8 Å². The van der Waals surface area contributed by atoms with E-state index in [1.165, 1.54) is 12.0 Å². The van der Waals surface area contributed by atoms with Gasteiger partial charge < -0.3 is 14.2 Å². The Morgan fingerprint density at radius 2 is 2.13 bits per heavy atom. The second kappa shape index (κ2) is 5.15. The molecule has 1 saturated heterocycles. The summed E-state index contributed by atoms with van der Waals surface area (Å²) in [6, 6.07) is 5.72. The summed E-state index contributed by atoms with van der Waals surface area (Å²) < 4.78 is 15.7. The molecular formula is C17H19NO5. The van der Waals surface area contributed by atoms with Crippen molar-refractivity contribution in [1.82, 2.24) is 4.90 Å². The van der Waals surface area contributed by atoms with E-state index in [1.807, 2.05) is 18.2 Å². The molecule has 6 nitrogen and oxygen atoms in total. The number of benzene rings is 1. The number of carbonyl (C=O) groups excluding carboxylic acids is 2. The van der Waals surface area contributed by atoms with Gasteiger partial charge in [0.1, 0.15) is 0 Å². The lowest BCUT2D eigenvalue weighted by Crippen LogP contribution is -2.47. The topological polar surface area (TPSA) is 65.1 Å². The molecule has 122 valence electrons. The predicted molar refractivity (Wildman–Crippen MR) is 80.4 cm³/mol. The summed E-state index contributed by atoms with van der Waals surface area (Å²) in [6.45, 7) is 0.225. The molecule has 1 aromatic carbocycles. The van der Waals surface area contributed by atoms with Gasteiger partial charge in [-0.05, 0) is 30.5 Å². The van der Waals surface area contributed by atoms with E-state index in [-0.39, 0.29) is 24.2 Å². The molecule has 2 heterocycles. The second-order valence-corrected chi connectivity index (χ2v) is 6.40. The van der Waals surface area contributed by atoms with Gasteiger partial charge in [-0.2, -0.15) is 0 Å². The molecule has 1 saturated carbocycles. The first-order valence-electron chi connectivity index (χ1n) is 7.96. The van der Waals surface area contributed by atoms with Gasteiger partial charge >= 0.3 is 6.09 Å². The van der Waals surface area contributed by atoms with Gasteiger partial charge in [0.15, 0.2) is 11.5 Å². The molecule has 0 radical (unpaired) electrons. The first-order chi connectivity index (χ1) is 11.2. The Morgan fingerprint density at radius 3 is 2.96 bits per heavy atom. The zero-order chi connectivity index (χ0) is 16.0. The van der Waals surface area contributed by atoms with Crippen molar-refractivity contribution in [3.63, 3.8) is 0 Å². The number of carbonyl (C=O) groups is 2. The summed E-state index contributed by atoms with van der Waals surface area (Å²) in [4.78, 5) is 25.9. The molecule has 0 bridgehead atoms. The van der Waals surface area contributed by atoms with E-state index >= 15 is 0 Å². The van der Waals surface area contributed by atoms with E-state index in [2.05, 4.69) is 0 Å². The fourth-order valence-electron chi connectivity index (χ4n) is 4.30. The van der Waals surface area contributed by atoms with Gasteiger partial charge in [-0.3, -0.25) is 4.79 Å². The number of amides is 2. The number of nitrogens with zero attached hydrogens (tertiary/aromatic N) is 1. The van der Waals surface area contributed by atoms with Crippen LogP contribution in [0.3, 0.4) is 0 Å². The Bertz CT molecular complexity index is 673. The van der Waals surface area contributed by atoms with E-state index in [0.29, 0.717) is 12.2 Å². The first-order valence-corrected chi connectivity index (χ1v) is 7.96. The maximum atomic E-state index is 12.5. The Kier molecular flexibility index (Phi) is 3.21. The Labute approximate surface area is 134 Å². The van der Waals surface area contributed by atoms with Crippen LogP contribution in [-0.4, -0.2) is 36.8 Å². The molecule has 2 fully saturated rings. The largest absolute Gasteiger partial charge is 0.454 e. The minimum Gasteiger partial charge on any atom is -0.454 e. The fraction of sp³-hybridized carbons (Fsp3) is 0.529. The van der Waals surface area contributed by atoms with Crippen LogP contribution < -0.4 is 9.47 Å². The number of ether oxygens (including phenoxy) is 3. The molecule has 0 unspecified atom stereocenters. The third-order valence-electron chi connectivity index (χ3n) is 5.35. The fourth-order valence-corrected chi connectivity index (χ4v) is 4.30. The number of methoxy groups -OCH3 is 1. The molecule has 2 aliphatic heterocycles.